The minimum atomic E-state index is 0.00847. The van der Waals surface area contributed by atoms with Crippen LogP contribution >= 0.6 is 0 Å². The van der Waals surface area contributed by atoms with Gasteiger partial charge < -0.3 is 20.3 Å². The summed E-state index contributed by atoms with van der Waals surface area (Å²) in [6, 6.07) is 1.74. The molecular weight excluding hydrogens is 242 g/mol. The number of rotatable bonds is 8. The van der Waals surface area contributed by atoms with Crippen LogP contribution in [0.1, 0.15) is 43.1 Å². The summed E-state index contributed by atoms with van der Waals surface area (Å²) < 4.78 is 1.92. The molecule has 1 rings (SSSR count). The van der Waals surface area contributed by atoms with Gasteiger partial charge in [-0.15, -0.1) is 0 Å². The molecule has 0 spiro atoms. The third-order valence-corrected chi connectivity index (χ3v) is 3.10. The minimum absolute atomic E-state index is 0.00847. The van der Waals surface area contributed by atoms with E-state index in [1.807, 2.05) is 10.8 Å². The Balaban J connectivity index is 2.60. The number of aliphatic hydroxyl groups is 1. The Morgan fingerprint density at radius 2 is 2.16 bits per heavy atom. The van der Waals surface area contributed by atoms with Crippen molar-refractivity contribution >= 4 is 11.6 Å². The Hall–Kier alpha value is -1.49. The molecule has 0 aliphatic rings. The lowest BCUT2D eigenvalue weighted by Crippen LogP contribution is -2.29. The van der Waals surface area contributed by atoms with Gasteiger partial charge in [0.1, 0.15) is 5.69 Å². The third-order valence-electron chi connectivity index (χ3n) is 3.10. The van der Waals surface area contributed by atoms with E-state index in [4.69, 9.17) is 10.8 Å². The fraction of sp³-hybridized carbons (Fsp3) is 0.643. The second kappa shape index (κ2) is 7.84. The van der Waals surface area contributed by atoms with Crippen molar-refractivity contribution in [2.45, 2.75) is 39.2 Å². The number of aryl methyl sites for hydroxylation is 1. The summed E-state index contributed by atoms with van der Waals surface area (Å²) in [6.07, 6.45) is 5.42. The fourth-order valence-corrected chi connectivity index (χ4v) is 2.07. The van der Waals surface area contributed by atoms with Crippen LogP contribution in [0.4, 0.5) is 5.69 Å². The lowest BCUT2D eigenvalue weighted by molar-refractivity contribution is 0.0781. The highest BCUT2D eigenvalue weighted by Crippen LogP contribution is 2.13. The van der Waals surface area contributed by atoms with Crippen molar-refractivity contribution in [3.05, 3.63) is 18.0 Å². The lowest BCUT2D eigenvalue weighted by Gasteiger charge is -2.18. The topological polar surface area (TPSA) is 71.5 Å². The van der Waals surface area contributed by atoms with Gasteiger partial charge in [0.15, 0.2) is 0 Å². The Labute approximate surface area is 115 Å². The molecule has 108 valence electrons. The number of unbranched alkanes of at least 4 members (excludes halogenated alkanes) is 2. The molecule has 0 aliphatic heterocycles. The molecule has 0 unspecified atom stereocenters. The second-order valence-corrected chi connectivity index (χ2v) is 4.86. The molecule has 0 bridgehead atoms. The molecule has 0 atom stereocenters. The van der Waals surface area contributed by atoms with Crippen molar-refractivity contribution in [3.63, 3.8) is 0 Å². The Kier molecular flexibility index (Phi) is 6.42. The first-order valence-electron chi connectivity index (χ1n) is 6.92. The highest BCUT2D eigenvalue weighted by molar-refractivity contribution is 5.93. The molecule has 3 N–H and O–H groups in total. The van der Waals surface area contributed by atoms with Crippen LogP contribution in [0.15, 0.2) is 12.3 Å². The van der Waals surface area contributed by atoms with E-state index in [1.54, 1.807) is 18.0 Å². The molecule has 0 saturated carbocycles. The van der Waals surface area contributed by atoms with Crippen molar-refractivity contribution in [2.24, 2.45) is 0 Å². The quantitative estimate of drug-likeness (QED) is 0.704. The summed E-state index contributed by atoms with van der Waals surface area (Å²) in [6.45, 7) is 3.79. The molecule has 5 nitrogen and oxygen atoms in total. The molecule has 1 heterocycles. The van der Waals surface area contributed by atoms with E-state index in [9.17, 15) is 4.79 Å². The van der Waals surface area contributed by atoms with Crippen molar-refractivity contribution in [3.8, 4) is 0 Å². The molecule has 1 aromatic heterocycles. The maximum Gasteiger partial charge on any atom is 0.270 e. The van der Waals surface area contributed by atoms with E-state index in [2.05, 4.69) is 6.92 Å². The van der Waals surface area contributed by atoms with Gasteiger partial charge in [-0.1, -0.05) is 6.92 Å². The number of amides is 1. The smallest absolute Gasteiger partial charge is 0.270 e. The molecular formula is C14H25N3O2. The number of nitrogens with zero attached hydrogens (tertiary/aromatic N) is 2. The van der Waals surface area contributed by atoms with Crippen LogP contribution in [0.5, 0.6) is 0 Å². The summed E-state index contributed by atoms with van der Waals surface area (Å²) >= 11 is 0. The lowest BCUT2D eigenvalue weighted by atomic mass is 10.2. The monoisotopic (exact) mass is 267 g/mol. The highest BCUT2D eigenvalue weighted by atomic mass is 16.2. The average Bonchev–Trinajstić information content (AvgIpc) is 2.75. The normalized spacial score (nSPS) is 10.7. The van der Waals surface area contributed by atoms with Crippen LogP contribution in [0.2, 0.25) is 0 Å². The largest absolute Gasteiger partial charge is 0.397 e. The number of hydrogen-bond donors (Lipinski definition) is 2. The Bertz CT molecular complexity index is 401. The van der Waals surface area contributed by atoms with Gasteiger partial charge in [0, 0.05) is 32.9 Å². The van der Waals surface area contributed by atoms with Crippen molar-refractivity contribution in [2.75, 3.05) is 25.9 Å². The summed E-state index contributed by atoms with van der Waals surface area (Å²) in [4.78, 5) is 14.0. The van der Waals surface area contributed by atoms with Gasteiger partial charge in [-0.05, 0) is 31.7 Å². The molecule has 0 aliphatic carbocycles. The zero-order valence-corrected chi connectivity index (χ0v) is 11.9. The number of anilines is 1. The number of hydrogen-bond acceptors (Lipinski definition) is 3. The standard InChI is InChI=1S/C14H25N3O2/c1-3-7-17-11-12(15)10-13(17)14(19)16(2)8-5-4-6-9-18/h10-11,18H,3-9,15H2,1-2H3. The van der Waals surface area contributed by atoms with Crippen molar-refractivity contribution in [1.29, 1.82) is 0 Å². The second-order valence-electron chi connectivity index (χ2n) is 4.86. The fourth-order valence-electron chi connectivity index (χ4n) is 2.07. The zero-order valence-electron chi connectivity index (χ0n) is 11.9. The molecule has 5 heteroatoms. The summed E-state index contributed by atoms with van der Waals surface area (Å²) in [5, 5.41) is 8.72. The van der Waals surface area contributed by atoms with Gasteiger partial charge in [-0.2, -0.15) is 0 Å². The van der Waals surface area contributed by atoms with E-state index in [1.165, 1.54) is 0 Å². The predicted molar refractivity (Wildman–Crippen MR) is 77.0 cm³/mol. The van der Waals surface area contributed by atoms with Crippen LogP contribution in [-0.2, 0) is 6.54 Å². The summed E-state index contributed by atoms with van der Waals surface area (Å²) in [5.41, 5.74) is 7.05. The van der Waals surface area contributed by atoms with E-state index >= 15 is 0 Å². The predicted octanol–water partition coefficient (Wildman–Crippen LogP) is 1.71. The molecule has 0 fully saturated rings. The third kappa shape index (κ3) is 4.59. The van der Waals surface area contributed by atoms with Gasteiger partial charge in [0.2, 0.25) is 0 Å². The van der Waals surface area contributed by atoms with Crippen LogP contribution in [0, 0.1) is 0 Å². The Morgan fingerprint density at radius 1 is 1.42 bits per heavy atom. The highest BCUT2D eigenvalue weighted by Gasteiger charge is 2.16. The van der Waals surface area contributed by atoms with Crippen LogP contribution in [-0.4, -0.2) is 40.7 Å². The molecule has 1 amide bonds. The number of carbonyl (C=O) groups is 1. The SMILES string of the molecule is CCCn1cc(N)cc1C(=O)N(C)CCCCCO. The molecule has 19 heavy (non-hydrogen) atoms. The van der Waals surface area contributed by atoms with Gasteiger partial charge in [-0.3, -0.25) is 4.79 Å². The first kappa shape index (κ1) is 15.6. The van der Waals surface area contributed by atoms with Gasteiger partial charge in [-0.25, -0.2) is 0 Å². The first-order chi connectivity index (χ1) is 9.10. The van der Waals surface area contributed by atoms with Gasteiger partial charge >= 0.3 is 0 Å². The molecule has 0 aromatic carbocycles. The van der Waals surface area contributed by atoms with E-state index < -0.39 is 0 Å². The number of carbonyl (C=O) groups excluding carboxylic acids is 1. The maximum atomic E-state index is 12.3. The van der Waals surface area contributed by atoms with Crippen molar-refractivity contribution in [1.82, 2.24) is 9.47 Å². The summed E-state index contributed by atoms with van der Waals surface area (Å²) in [5.74, 6) is 0.00847. The Morgan fingerprint density at radius 3 is 2.79 bits per heavy atom. The number of aliphatic hydroxyl groups excluding tert-OH is 1. The molecule has 0 saturated heterocycles. The number of nitrogens with two attached hydrogens (primary N) is 1. The number of nitrogen functional groups attached to an aromatic ring is 1. The van der Waals surface area contributed by atoms with Gasteiger partial charge in [0.05, 0.1) is 5.69 Å². The first-order valence-corrected chi connectivity index (χ1v) is 6.92. The van der Waals surface area contributed by atoms with Crippen LogP contribution in [0.25, 0.3) is 0 Å². The van der Waals surface area contributed by atoms with Crippen LogP contribution in [0.3, 0.4) is 0 Å². The van der Waals surface area contributed by atoms with E-state index in [0.717, 1.165) is 32.2 Å². The van der Waals surface area contributed by atoms with E-state index in [0.29, 0.717) is 17.9 Å². The average molecular weight is 267 g/mol. The van der Waals surface area contributed by atoms with E-state index in [-0.39, 0.29) is 12.5 Å². The molecule has 1 aromatic rings. The van der Waals surface area contributed by atoms with Gasteiger partial charge in [0.25, 0.3) is 5.91 Å². The zero-order chi connectivity index (χ0) is 14.3. The van der Waals surface area contributed by atoms with Crippen molar-refractivity contribution < 1.29 is 9.90 Å². The number of aromatic nitrogens is 1. The maximum absolute atomic E-state index is 12.3. The molecule has 0 radical (unpaired) electrons. The van der Waals surface area contributed by atoms with Crippen LogP contribution < -0.4 is 5.73 Å². The minimum Gasteiger partial charge on any atom is -0.397 e. The summed E-state index contributed by atoms with van der Waals surface area (Å²) in [7, 11) is 1.81.